The van der Waals surface area contributed by atoms with Crippen molar-refractivity contribution < 1.29 is 19.1 Å². The van der Waals surface area contributed by atoms with Crippen LogP contribution < -0.4 is 10.1 Å². The number of benzene rings is 2. The molecule has 1 aliphatic rings. The fourth-order valence-electron chi connectivity index (χ4n) is 3.05. The first-order chi connectivity index (χ1) is 14.1. The van der Waals surface area contributed by atoms with E-state index in [0.717, 1.165) is 17.5 Å². The molecule has 1 heterocycles. The molecule has 1 amide bonds. The van der Waals surface area contributed by atoms with Crippen molar-refractivity contribution in [1.82, 2.24) is 0 Å². The molecule has 0 aromatic heterocycles. The number of amides is 1. The number of carbonyl (C=O) groups excluding carboxylic acids is 2. The van der Waals surface area contributed by atoms with Gasteiger partial charge in [0.15, 0.2) is 0 Å². The first kappa shape index (κ1) is 20.5. The number of nitrogens with one attached hydrogen (secondary N) is 1. The number of nitrogens with zero attached hydrogens (tertiary/aromatic N) is 2. The van der Waals surface area contributed by atoms with Crippen LogP contribution in [-0.4, -0.2) is 25.2 Å². The van der Waals surface area contributed by atoms with Crippen LogP contribution in [0.3, 0.4) is 0 Å². The highest BCUT2D eigenvalue weighted by atomic mass is 16.7. The number of ether oxygens (including phenoxy) is 2. The summed E-state index contributed by atoms with van der Waals surface area (Å²) in [5.74, 6) is 0.253. The number of anilines is 1. The number of hydrogen-bond acceptors (Lipinski definition) is 6. The van der Waals surface area contributed by atoms with Gasteiger partial charge in [-0.2, -0.15) is 10.2 Å². The van der Waals surface area contributed by atoms with E-state index < -0.39 is 6.29 Å². The van der Waals surface area contributed by atoms with Crippen molar-refractivity contribution >= 4 is 17.6 Å². The lowest BCUT2D eigenvalue weighted by Gasteiger charge is -2.26. The molecule has 1 N–H and O–H groups in total. The molecule has 29 heavy (non-hydrogen) atoms. The Morgan fingerprint density at radius 1 is 1.21 bits per heavy atom. The molecule has 0 aliphatic carbocycles. The molecule has 152 valence electrons. The molecule has 0 fully saturated rings. The standard InChI is InChI=1S/C22H25N3O4/c1-3-4-20(26)29-21-12-9-17-13-18(10-11-19(17)28-21)25-22(27)16-7-5-15(6-8-16)14-24-23-2/h5-8,10-11,13,21H,3-4,9,12,14H2,1-2H3,(H,25,27). The van der Waals surface area contributed by atoms with Gasteiger partial charge in [-0.1, -0.05) is 19.1 Å². The minimum atomic E-state index is -0.548. The molecule has 7 nitrogen and oxygen atoms in total. The van der Waals surface area contributed by atoms with Crippen LogP contribution in [-0.2, 0) is 22.5 Å². The van der Waals surface area contributed by atoms with Gasteiger partial charge in [-0.3, -0.25) is 9.59 Å². The zero-order chi connectivity index (χ0) is 20.6. The summed E-state index contributed by atoms with van der Waals surface area (Å²) in [6.45, 7) is 2.43. The highest BCUT2D eigenvalue weighted by Crippen LogP contribution is 2.30. The first-order valence-corrected chi connectivity index (χ1v) is 9.74. The predicted octanol–water partition coefficient (Wildman–Crippen LogP) is 4.52. The summed E-state index contributed by atoms with van der Waals surface area (Å²) in [5.41, 5.74) is 3.24. The largest absolute Gasteiger partial charge is 0.454 e. The molecule has 3 rings (SSSR count). The SMILES string of the molecule is CCCC(=O)OC1CCc2cc(NC(=O)c3ccc(CN=NC)cc3)ccc2O1. The summed E-state index contributed by atoms with van der Waals surface area (Å²) in [6.07, 6.45) is 1.90. The fraction of sp³-hybridized carbons (Fsp3) is 0.364. The van der Waals surface area contributed by atoms with E-state index in [9.17, 15) is 9.59 Å². The lowest BCUT2D eigenvalue weighted by molar-refractivity contribution is -0.165. The number of azo groups is 1. The molecule has 0 saturated carbocycles. The van der Waals surface area contributed by atoms with Gasteiger partial charge >= 0.3 is 5.97 Å². The second-order valence-electron chi connectivity index (χ2n) is 6.80. The van der Waals surface area contributed by atoms with Crippen molar-refractivity contribution in [3.8, 4) is 5.75 Å². The molecular weight excluding hydrogens is 370 g/mol. The van der Waals surface area contributed by atoms with Gasteiger partial charge in [-0.05, 0) is 54.3 Å². The molecule has 2 aromatic rings. The van der Waals surface area contributed by atoms with E-state index in [-0.39, 0.29) is 11.9 Å². The van der Waals surface area contributed by atoms with Crippen LogP contribution in [0.25, 0.3) is 0 Å². The number of rotatable bonds is 7. The zero-order valence-corrected chi connectivity index (χ0v) is 16.7. The Hall–Kier alpha value is -3.22. The minimum Gasteiger partial charge on any atom is -0.454 e. The first-order valence-electron chi connectivity index (χ1n) is 9.74. The third-order valence-electron chi connectivity index (χ3n) is 4.55. The van der Waals surface area contributed by atoms with Gasteiger partial charge in [0.2, 0.25) is 6.29 Å². The van der Waals surface area contributed by atoms with Crippen LogP contribution in [0.2, 0.25) is 0 Å². The quantitative estimate of drug-likeness (QED) is 0.551. The average Bonchev–Trinajstić information content (AvgIpc) is 2.73. The summed E-state index contributed by atoms with van der Waals surface area (Å²) < 4.78 is 11.1. The number of hydrogen-bond donors (Lipinski definition) is 1. The number of esters is 1. The summed E-state index contributed by atoms with van der Waals surface area (Å²) in [6, 6.07) is 12.7. The molecule has 1 aliphatic heterocycles. The van der Waals surface area contributed by atoms with Crippen molar-refractivity contribution in [1.29, 1.82) is 0 Å². The van der Waals surface area contributed by atoms with Gasteiger partial charge in [-0.25, -0.2) is 0 Å². The van der Waals surface area contributed by atoms with Crippen LogP contribution in [0.1, 0.15) is 47.7 Å². The van der Waals surface area contributed by atoms with Gasteiger partial charge < -0.3 is 14.8 Å². The molecule has 0 radical (unpaired) electrons. The Balaban J connectivity index is 1.60. The van der Waals surface area contributed by atoms with Crippen molar-refractivity contribution in [2.24, 2.45) is 10.2 Å². The lowest BCUT2D eigenvalue weighted by atomic mass is 10.0. The molecule has 0 spiro atoms. The lowest BCUT2D eigenvalue weighted by Crippen LogP contribution is -2.28. The second-order valence-corrected chi connectivity index (χ2v) is 6.80. The normalized spacial score (nSPS) is 15.4. The molecule has 0 saturated heterocycles. The van der Waals surface area contributed by atoms with E-state index in [1.165, 1.54) is 0 Å². The van der Waals surface area contributed by atoms with Gasteiger partial charge in [0, 0.05) is 31.1 Å². The van der Waals surface area contributed by atoms with E-state index in [4.69, 9.17) is 9.47 Å². The smallest absolute Gasteiger partial charge is 0.308 e. The maximum atomic E-state index is 12.5. The minimum absolute atomic E-state index is 0.184. The second kappa shape index (κ2) is 9.82. The maximum Gasteiger partial charge on any atom is 0.308 e. The number of fused-ring (bicyclic) bond motifs is 1. The Morgan fingerprint density at radius 3 is 2.72 bits per heavy atom. The number of aryl methyl sites for hydroxylation is 1. The third kappa shape index (κ3) is 5.63. The Morgan fingerprint density at radius 2 is 2.00 bits per heavy atom. The molecule has 7 heteroatoms. The Kier molecular flexibility index (Phi) is 6.94. The third-order valence-corrected chi connectivity index (χ3v) is 4.55. The van der Waals surface area contributed by atoms with E-state index in [0.29, 0.717) is 42.8 Å². The van der Waals surface area contributed by atoms with Gasteiger partial charge in [0.05, 0.1) is 6.54 Å². The fourth-order valence-corrected chi connectivity index (χ4v) is 3.05. The van der Waals surface area contributed by atoms with Crippen LogP contribution in [0, 0.1) is 0 Å². The van der Waals surface area contributed by atoms with Crippen molar-refractivity contribution in [3.05, 3.63) is 59.2 Å². The Labute approximate surface area is 170 Å². The summed E-state index contributed by atoms with van der Waals surface area (Å²) >= 11 is 0. The highest BCUT2D eigenvalue weighted by molar-refractivity contribution is 6.04. The van der Waals surface area contributed by atoms with Gasteiger partial charge in [0.1, 0.15) is 5.75 Å². The molecule has 0 bridgehead atoms. The van der Waals surface area contributed by atoms with E-state index in [1.54, 1.807) is 31.3 Å². The van der Waals surface area contributed by atoms with Gasteiger partial charge in [0.25, 0.3) is 5.91 Å². The van der Waals surface area contributed by atoms with Crippen LogP contribution in [0.4, 0.5) is 5.69 Å². The summed E-state index contributed by atoms with van der Waals surface area (Å²) in [5, 5.41) is 10.6. The van der Waals surface area contributed by atoms with E-state index >= 15 is 0 Å². The maximum absolute atomic E-state index is 12.5. The van der Waals surface area contributed by atoms with E-state index in [1.807, 2.05) is 25.1 Å². The molecule has 2 aromatic carbocycles. The topological polar surface area (TPSA) is 89.3 Å². The van der Waals surface area contributed by atoms with Crippen LogP contribution in [0.15, 0.2) is 52.7 Å². The van der Waals surface area contributed by atoms with Crippen molar-refractivity contribution in [2.75, 3.05) is 12.4 Å². The van der Waals surface area contributed by atoms with Crippen LogP contribution >= 0.6 is 0 Å². The predicted molar refractivity (Wildman–Crippen MR) is 109 cm³/mol. The van der Waals surface area contributed by atoms with Crippen molar-refractivity contribution in [2.45, 2.75) is 45.4 Å². The van der Waals surface area contributed by atoms with E-state index in [2.05, 4.69) is 15.5 Å². The molecule has 1 atom stereocenters. The summed E-state index contributed by atoms with van der Waals surface area (Å²) in [4.78, 5) is 24.1. The number of carbonyl (C=O) groups is 2. The molecule has 1 unspecified atom stereocenters. The monoisotopic (exact) mass is 395 g/mol. The zero-order valence-electron chi connectivity index (χ0n) is 16.7. The molecular formula is C22H25N3O4. The average molecular weight is 395 g/mol. The Bertz CT molecular complexity index is 893. The van der Waals surface area contributed by atoms with Crippen molar-refractivity contribution in [3.63, 3.8) is 0 Å². The summed E-state index contributed by atoms with van der Waals surface area (Å²) in [7, 11) is 1.63. The van der Waals surface area contributed by atoms with Gasteiger partial charge in [-0.15, -0.1) is 0 Å². The highest BCUT2D eigenvalue weighted by Gasteiger charge is 2.23. The van der Waals surface area contributed by atoms with Crippen LogP contribution in [0.5, 0.6) is 5.75 Å².